The van der Waals surface area contributed by atoms with Gasteiger partial charge in [-0.15, -0.1) is 0 Å². The Hall–Kier alpha value is -3.12. The van der Waals surface area contributed by atoms with E-state index in [4.69, 9.17) is 9.47 Å². The number of carbonyl (C=O) groups excluding carboxylic acids is 2. The van der Waals surface area contributed by atoms with Crippen LogP contribution in [0.25, 0.3) is 5.57 Å². The van der Waals surface area contributed by atoms with Crippen LogP contribution >= 0.6 is 0 Å². The summed E-state index contributed by atoms with van der Waals surface area (Å²) in [6, 6.07) is 14.9. The van der Waals surface area contributed by atoms with Crippen LogP contribution in [0.5, 0.6) is 5.75 Å². The number of anilines is 1. The molecule has 0 aromatic heterocycles. The van der Waals surface area contributed by atoms with E-state index < -0.39 is 0 Å². The third kappa shape index (κ3) is 5.33. The van der Waals surface area contributed by atoms with Gasteiger partial charge in [0.15, 0.2) is 0 Å². The minimum Gasteiger partial charge on any atom is -0.496 e. The Balaban J connectivity index is 1.87. The molecule has 1 N–H and O–H groups in total. The van der Waals surface area contributed by atoms with Gasteiger partial charge >= 0.3 is 0 Å². The van der Waals surface area contributed by atoms with Crippen molar-refractivity contribution in [3.63, 3.8) is 0 Å². The highest BCUT2D eigenvalue weighted by atomic mass is 16.5. The zero-order valence-corrected chi connectivity index (χ0v) is 18.4. The number of nitrogens with one attached hydrogen (secondary N) is 1. The third-order valence-electron chi connectivity index (χ3n) is 5.18. The summed E-state index contributed by atoms with van der Waals surface area (Å²) in [5.74, 6) is -0.107. The van der Waals surface area contributed by atoms with Crippen molar-refractivity contribution in [2.75, 3.05) is 32.2 Å². The maximum absolute atomic E-state index is 13.3. The van der Waals surface area contributed by atoms with Crippen molar-refractivity contribution in [3.8, 4) is 5.75 Å². The molecule has 0 atom stereocenters. The number of benzene rings is 2. The van der Waals surface area contributed by atoms with Gasteiger partial charge in [-0.3, -0.25) is 14.5 Å². The summed E-state index contributed by atoms with van der Waals surface area (Å²) < 4.78 is 11.1. The van der Waals surface area contributed by atoms with Gasteiger partial charge in [-0.1, -0.05) is 49.2 Å². The van der Waals surface area contributed by atoms with Gasteiger partial charge in [-0.25, -0.2) is 0 Å². The molecule has 6 heteroatoms. The molecule has 0 unspecified atom stereocenters. The fourth-order valence-electron chi connectivity index (χ4n) is 3.45. The van der Waals surface area contributed by atoms with Crippen molar-refractivity contribution in [3.05, 3.63) is 65.4 Å². The summed E-state index contributed by atoms with van der Waals surface area (Å²) in [5, 5.41) is 3.18. The van der Waals surface area contributed by atoms with Gasteiger partial charge in [0.2, 0.25) is 0 Å². The van der Waals surface area contributed by atoms with Crippen molar-refractivity contribution in [2.24, 2.45) is 0 Å². The Morgan fingerprint density at radius 1 is 0.935 bits per heavy atom. The zero-order chi connectivity index (χ0) is 22.2. The van der Waals surface area contributed by atoms with Crippen molar-refractivity contribution in [1.82, 2.24) is 4.90 Å². The standard InChI is InChI=1S/C25H30N2O4/c1-4-5-16-31-17-8-15-27-24(28)22(20-9-6-7-10-21(20)30-3)23(25(27)29)26-19-13-11-18(2)12-14-19/h6-7,9-14,26H,4-5,8,15-17H2,1-3H3. The van der Waals surface area contributed by atoms with E-state index in [-0.39, 0.29) is 17.5 Å². The zero-order valence-electron chi connectivity index (χ0n) is 18.4. The molecule has 1 aliphatic rings. The molecule has 3 rings (SSSR count). The number of ether oxygens (including phenoxy) is 2. The summed E-state index contributed by atoms with van der Waals surface area (Å²) in [5.41, 5.74) is 3.06. The summed E-state index contributed by atoms with van der Waals surface area (Å²) in [6.07, 6.45) is 2.67. The van der Waals surface area contributed by atoms with Gasteiger partial charge in [0, 0.05) is 31.0 Å². The first kappa shape index (κ1) is 22.6. The SMILES string of the molecule is CCCCOCCCN1C(=O)C(Nc2ccc(C)cc2)=C(c2ccccc2OC)C1=O. The molecule has 31 heavy (non-hydrogen) atoms. The van der Waals surface area contributed by atoms with Crippen molar-refractivity contribution in [1.29, 1.82) is 0 Å². The molecule has 6 nitrogen and oxygen atoms in total. The molecule has 2 amide bonds. The van der Waals surface area contributed by atoms with E-state index in [1.807, 2.05) is 43.3 Å². The average molecular weight is 423 g/mol. The van der Waals surface area contributed by atoms with E-state index in [0.717, 1.165) is 24.1 Å². The van der Waals surface area contributed by atoms with Crippen molar-refractivity contribution in [2.45, 2.75) is 33.1 Å². The smallest absolute Gasteiger partial charge is 0.278 e. The monoisotopic (exact) mass is 422 g/mol. The van der Waals surface area contributed by atoms with Crippen LogP contribution in [-0.4, -0.2) is 43.6 Å². The Bertz CT molecular complexity index is 950. The fraction of sp³-hybridized carbons (Fsp3) is 0.360. The predicted molar refractivity (Wildman–Crippen MR) is 122 cm³/mol. The second kappa shape index (κ2) is 10.8. The van der Waals surface area contributed by atoms with E-state index in [1.165, 1.54) is 4.90 Å². The molecule has 2 aromatic rings. The topological polar surface area (TPSA) is 67.9 Å². The lowest BCUT2D eigenvalue weighted by Crippen LogP contribution is -2.34. The van der Waals surface area contributed by atoms with E-state index in [0.29, 0.717) is 43.1 Å². The highest BCUT2D eigenvalue weighted by molar-refractivity contribution is 6.37. The predicted octanol–water partition coefficient (Wildman–Crippen LogP) is 4.40. The van der Waals surface area contributed by atoms with E-state index in [1.54, 1.807) is 19.2 Å². The molecule has 0 spiro atoms. The Labute approximate surface area is 183 Å². The Morgan fingerprint density at radius 2 is 1.65 bits per heavy atom. The minimum absolute atomic E-state index is 0.269. The van der Waals surface area contributed by atoms with E-state index in [2.05, 4.69) is 12.2 Å². The third-order valence-corrected chi connectivity index (χ3v) is 5.18. The number of para-hydroxylation sites is 1. The number of aryl methyl sites for hydroxylation is 1. The van der Waals surface area contributed by atoms with Crippen LogP contribution in [0.15, 0.2) is 54.2 Å². The number of methoxy groups -OCH3 is 1. The molecule has 1 aliphatic heterocycles. The first-order valence-corrected chi connectivity index (χ1v) is 10.7. The van der Waals surface area contributed by atoms with Crippen molar-refractivity contribution >= 4 is 23.1 Å². The number of imide groups is 1. The van der Waals surface area contributed by atoms with E-state index in [9.17, 15) is 9.59 Å². The summed E-state index contributed by atoms with van der Waals surface area (Å²) in [7, 11) is 1.55. The van der Waals surface area contributed by atoms with Crippen LogP contribution in [0.3, 0.4) is 0 Å². The lowest BCUT2D eigenvalue weighted by molar-refractivity contribution is -0.137. The van der Waals surface area contributed by atoms with Gasteiger partial charge in [0.25, 0.3) is 11.8 Å². The van der Waals surface area contributed by atoms with Gasteiger partial charge in [0.1, 0.15) is 11.4 Å². The summed E-state index contributed by atoms with van der Waals surface area (Å²) in [4.78, 5) is 27.8. The number of unbranched alkanes of at least 4 members (excludes halogenated alkanes) is 1. The lowest BCUT2D eigenvalue weighted by atomic mass is 10.0. The quantitative estimate of drug-likeness (QED) is 0.429. The van der Waals surface area contributed by atoms with Gasteiger partial charge in [-0.2, -0.15) is 0 Å². The molecule has 0 saturated heterocycles. The maximum atomic E-state index is 13.3. The van der Waals surface area contributed by atoms with Crippen LogP contribution in [0.4, 0.5) is 5.69 Å². The molecule has 0 saturated carbocycles. The molecule has 0 aliphatic carbocycles. The first-order valence-electron chi connectivity index (χ1n) is 10.7. The highest BCUT2D eigenvalue weighted by Crippen LogP contribution is 2.35. The molecular weight excluding hydrogens is 392 g/mol. The number of nitrogens with zero attached hydrogens (tertiary/aromatic N) is 1. The number of rotatable bonds is 11. The molecule has 1 heterocycles. The second-order valence-corrected chi connectivity index (χ2v) is 7.52. The molecule has 2 aromatic carbocycles. The molecule has 164 valence electrons. The first-order chi connectivity index (χ1) is 15.1. The molecular formula is C25H30N2O4. The van der Waals surface area contributed by atoms with Crippen LogP contribution in [-0.2, 0) is 14.3 Å². The normalized spacial score (nSPS) is 13.8. The second-order valence-electron chi connectivity index (χ2n) is 7.52. The molecule has 0 bridgehead atoms. The summed E-state index contributed by atoms with van der Waals surface area (Å²) in [6.45, 7) is 5.63. The van der Waals surface area contributed by atoms with Crippen molar-refractivity contribution < 1.29 is 19.1 Å². The Morgan fingerprint density at radius 3 is 2.35 bits per heavy atom. The van der Waals surface area contributed by atoms with Crippen LogP contribution in [0, 0.1) is 6.92 Å². The van der Waals surface area contributed by atoms with E-state index >= 15 is 0 Å². The number of carbonyl (C=O) groups is 2. The minimum atomic E-state index is -0.333. The number of amides is 2. The molecule has 0 radical (unpaired) electrons. The Kier molecular flexibility index (Phi) is 7.84. The maximum Gasteiger partial charge on any atom is 0.278 e. The lowest BCUT2D eigenvalue weighted by Gasteiger charge is -2.15. The van der Waals surface area contributed by atoms with Gasteiger partial charge < -0.3 is 14.8 Å². The van der Waals surface area contributed by atoms with Gasteiger partial charge in [-0.05, 0) is 38.0 Å². The highest BCUT2D eigenvalue weighted by Gasteiger charge is 2.39. The van der Waals surface area contributed by atoms with Gasteiger partial charge in [0.05, 0.1) is 12.7 Å². The fourth-order valence-corrected chi connectivity index (χ4v) is 3.45. The average Bonchev–Trinajstić information content (AvgIpc) is 3.01. The number of hydrogen-bond donors (Lipinski definition) is 1. The van der Waals surface area contributed by atoms with Crippen LogP contribution < -0.4 is 10.1 Å². The largest absolute Gasteiger partial charge is 0.496 e. The summed E-state index contributed by atoms with van der Waals surface area (Å²) >= 11 is 0. The van der Waals surface area contributed by atoms with Crippen LogP contribution in [0.1, 0.15) is 37.3 Å². The molecule has 0 fully saturated rings. The van der Waals surface area contributed by atoms with Crippen LogP contribution in [0.2, 0.25) is 0 Å². The number of hydrogen-bond acceptors (Lipinski definition) is 5.